The van der Waals surface area contributed by atoms with Crippen LogP contribution in [0.3, 0.4) is 0 Å². The van der Waals surface area contributed by atoms with Crippen LogP contribution in [0.5, 0.6) is 0 Å². The molecule has 0 radical (unpaired) electrons. The van der Waals surface area contributed by atoms with E-state index in [0.29, 0.717) is 10.2 Å². The van der Waals surface area contributed by atoms with Crippen molar-refractivity contribution < 1.29 is 23.1 Å². The van der Waals surface area contributed by atoms with Gasteiger partial charge in [0.15, 0.2) is 11.7 Å². The highest BCUT2D eigenvalue weighted by Gasteiger charge is 2.46. The summed E-state index contributed by atoms with van der Waals surface area (Å²) >= 11 is 3.28. The number of fused-ring (bicyclic) bond motifs is 1. The predicted octanol–water partition coefficient (Wildman–Crippen LogP) is 4.00. The topological polar surface area (TPSA) is 67.1 Å². The van der Waals surface area contributed by atoms with Crippen LogP contribution in [0, 0.1) is 0 Å². The molecule has 1 aromatic carbocycles. The molecule has 23 heavy (non-hydrogen) atoms. The Morgan fingerprint density at radius 3 is 2.57 bits per heavy atom. The Morgan fingerprint density at radius 2 is 2.00 bits per heavy atom. The van der Waals surface area contributed by atoms with Crippen LogP contribution in [-0.2, 0) is 0 Å². The van der Waals surface area contributed by atoms with Gasteiger partial charge in [-0.2, -0.15) is 18.3 Å². The minimum Gasteiger partial charge on any atom is -0.476 e. The Balaban J connectivity index is 2.01. The van der Waals surface area contributed by atoms with E-state index in [1.54, 1.807) is 24.3 Å². The number of carboxylic acid groups (broad SMARTS) is 1. The minimum absolute atomic E-state index is 0.0453. The zero-order valence-electron chi connectivity index (χ0n) is 11.5. The predicted molar refractivity (Wildman–Crippen MR) is 79.4 cm³/mol. The van der Waals surface area contributed by atoms with Crippen molar-refractivity contribution in [3.63, 3.8) is 0 Å². The quantitative estimate of drug-likeness (QED) is 0.814. The molecule has 2 unspecified atom stereocenters. The van der Waals surface area contributed by atoms with E-state index in [9.17, 15) is 18.0 Å². The van der Waals surface area contributed by atoms with E-state index in [0.717, 1.165) is 10.5 Å². The molecule has 0 spiro atoms. The number of aromatic nitrogens is 2. The Hall–Kier alpha value is -2.03. The molecule has 0 aliphatic carbocycles. The summed E-state index contributed by atoms with van der Waals surface area (Å²) in [5, 5.41) is 15.4. The van der Waals surface area contributed by atoms with E-state index in [-0.39, 0.29) is 12.2 Å². The first-order chi connectivity index (χ1) is 10.8. The average molecular weight is 390 g/mol. The third-order valence-electron chi connectivity index (χ3n) is 3.68. The molecule has 0 saturated heterocycles. The molecule has 2 aromatic rings. The highest BCUT2D eigenvalue weighted by molar-refractivity contribution is 9.10. The van der Waals surface area contributed by atoms with Crippen molar-refractivity contribution >= 4 is 27.7 Å². The molecule has 0 amide bonds. The third kappa shape index (κ3) is 3.05. The highest BCUT2D eigenvalue weighted by atomic mass is 79.9. The molecule has 1 aromatic heterocycles. The van der Waals surface area contributed by atoms with Gasteiger partial charge in [0.05, 0.1) is 6.04 Å². The molecule has 5 nitrogen and oxygen atoms in total. The van der Waals surface area contributed by atoms with Gasteiger partial charge in [0, 0.05) is 17.0 Å². The fourth-order valence-corrected chi connectivity index (χ4v) is 2.86. The lowest BCUT2D eigenvalue weighted by Crippen LogP contribution is -2.35. The Labute approximate surface area is 137 Å². The van der Waals surface area contributed by atoms with Crippen molar-refractivity contribution in [3.05, 3.63) is 46.1 Å². The summed E-state index contributed by atoms with van der Waals surface area (Å²) in [4.78, 5) is 11.0. The largest absolute Gasteiger partial charge is 0.476 e. The number of nitrogens with one attached hydrogen (secondary N) is 1. The normalized spacial score (nSPS) is 20.7. The lowest BCUT2D eigenvalue weighted by atomic mass is 9.97. The second-order valence-corrected chi connectivity index (χ2v) is 6.12. The number of carbonyl (C=O) groups is 1. The Bertz CT molecular complexity index is 743. The van der Waals surface area contributed by atoms with Gasteiger partial charge in [-0.1, -0.05) is 28.1 Å². The standard InChI is InChI=1S/C14H11BrF3N3O2/c15-8-3-1-7(2-4-8)9-5-11(14(16,17)18)21-12(19-9)6-10(20-21)13(22)23/h1-4,6,9,11,19H,5H2,(H,22,23). The average Bonchev–Trinajstić information content (AvgIpc) is 2.90. The van der Waals surface area contributed by atoms with Gasteiger partial charge in [-0.25, -0.2) is 9.48 Å². The van der Waals surface area contributed by atoms with E-state index >= 15 is 0 Å². The van der Waals surface area contributed by atoms with Crippen LogP contribution >= 0.6 is 15.9 Å². The molecule has 2 atom stereocenters. The summed E-state index contributed by atoms with van der Waals surface area (Å²) in [5.74, 6) is -1.32. The first-order valence-electron chi connectivity index (χ1n) is 6.67. The first-order valence-corrected chi connectivity index (χ1v) is 7.46. The van der Waals surface area contributed by atoms with Gasteiger partial charge >= 0.3 is 12.1 Å². The summed E-state index contributed by atoms with van der Waals surface area (Å²) in [6.45, 7) is 0. The second kappa shape index (κ2) is 5.55. The minimum atomic E-state index is -4.52. The number of benzene rings is 1. The van der Waals surface area contributed by atoms with Gasteiger partial charge in [0.25, 0.3) is 0 Å². The summed E-state index contributed by atoms with van der Waals surface area (Å²) in [5.41, 5.74) is 0.269. The molecule has 1 aliphatic rings. The van der Waals surface area contributed by atoms with E-state index in [2.05, 4.69) is 26.3 Å². The molecular formula is C14H11BrF3N3O2. The lowest BCUT2D eigenvalue weighted by molar-refractivity contribution is -0.173. The van der Waals surface area contributed by atoms with Crippen LogP contribution in [0.4, 0.5) is 19.0 Å². The van der Waals surface area contributed by atoms with Crippen molar-refractivity contribution in [3.8, 4) is 0 Å². The molecule has 1 aliphatic heterocycles. The Morgan fingerprint density at radius 1 is 1.35 bits per heavy atom. The number of rotatable bonds is 2. The van der Waals surface area contributed by atoms with E-state index in [1.165, 1.54) is 0 Å². The molecule has 0 bridgehead atoms. The monoisotopic (exact) mass is 389 g/mol. The fourth-order valence-electron chi connectivity index (χ4n) is 2.59. The van der Waals surface area contributed by atoms with Crippen LogP contribution in [-0.4, -0.2) is 27.0 Å². The summed E-state index contributed by atoms with van der Waals surface area (Å²) in [7, 11) is 0. The fraction of sp³-hybridized carbons (Fsp3) is 0.286. The number of alkyl halides is 3. The van der Waals surface area contributed by atoms with Crippen LogP contribution < -0.4 is 5.32 Å². The number of aromatic carboxylic acids is 1. The van der Waals surface area contributed by atoms with Crippen molar-refractivity contribution in [1.29, 1.82) is 0 Å². The zero-order chi connectivity index (χ0) is 16.8. The first kappa shape index (κ1) is 15.9. The summed E-state index contributed by atoms with van der Waals surface area (Å²) in [6.07, 6.45) is -4.79. The lowest BCUT2D eigenvalue weighted by Gasteiger charge is -2.33. The van der Waals surface area contributed by atoms with Crippen LogP contribution in [0.15, 0.2) is 34.8 Å². The summed E-state index contributed by atoms with van der Waals surface area (Å²) < 4.78 is 41.5. The smallest absolute Gasteiger partial charge is 0.410 e. The zero-order valence-corrected chi connectivity index (χ0v) is 13.1. The van der Waals surface area contributed by atoms with Gasteiger partial charge in [-0.3, -0.25) is 0 Å². The van der Waals surface area contributed by atoms with Gasteiger partial charge < -0.3 is 10.4 Å². The number of nitrogens with zero attached hydrogens (tertiary/aromatic N) is 2. The second-order valence-electron chi connectivity index (χ2n) is 5.21. The number of carboxylic acids is 1. The van der Waals surface area contributed by atoms with Gasteiger partial charge in [-0.05, 0) is 17.7 Å². The molecule has 2 N–H and O–H groups in total. The number of halogens is 4. The molecule has 0 fully saturated rings. The van der Waals surface area contributed by atoms with E-state index in [4.69, 9.17) is 5.11 Å². The van der Waals surface area contributed by atoms with E-state index < -0.39 is 29.9 Å². The molecule has 0 saturated carbocycles. The van der Waals surface area contributed by atoms with Crippen molar-refractivity contribution in [1.82, 2.24) is 9.78 Å². The van der Waals surface area contributed by atoms with Crippen LogP contribution in [0.25, 0.3) is 0 Å². The van der Waals surface area contributed by atoms with Crippen molar-refractivity contribution in [2.75, 3.05) is 5.32 Å². The van der Waals surface area contributed by atoms with Gasteiger partial charge in [0.1, 0.15) is 5.82 Å². The Kier molecular flexibility index (Phi) is 3.83. The number of hydrogen-bond acceptors (Lipinski definition) is 3. The maximum atomic E-state index is 13.3. The van der Waals surface area contributed by atoms with Gasteiger partial charge in [0.2, 0.25) is 0 Å². The van der Waals surface area contributed by atoms with Crippen LogP contribution in [0.1, 0.15) is 34.6 Å². The number of anilines is 1. The third-order valence-corrected chi connectivity index (χ3v) is 4.21. The molecular weight excluding hydrogens is 379 g/mol. The molecule has 2 heterocycles. The maximum absolute atomic E-state index is 13.3. The highest BCUT2D eigenvalue weighted by Crippen LogP contribution is 2.43. The van der Waals surface area contributed by atoms with Crippen molar-refractivity contribution in [2.45, 2.75) is 24.7 Å². The molecule has 9 heteroatoms. The van der Waals surface area contributed by atoms with Gasteiger partial charge in [-0.15, -0.1) is 0 Å². The van der Waals surface area contributed by atoms with Crippen molar-refractivity contribution in [2.24, 2.45) is 0 Å². The van der Waals surface area contributed by atoms with E-state index in [1.807, 2.05) is 0 Å². The molecule has 3 rings (SSSR count). The number of hydrogen-bond donors (Lipinski definition) is 2. The SMILES string of the molecule is O=C(O)c1cc2n(n1)C(C(F)(F)F)CC(c1ccc(Br)cc1)N2. The maximum Gasteiger partial charge on any atom is 0.410 e. The molecule has 122 valence electrons. The summed E-state index contributed by atoms with van der Waals surface area (Å²) in [6, 6.07) is 5.59. The van der Waals surface area contributed by atoms with Crippen LogP contribution in [0.2, 0.25) is 0 Å².